The summed E-state index contributed by atoms with van der Waals surface area (Å²) in [6.45, 7) is 8.81. The number of nitrogens with one attached hydrogen (secondary N) is 1. The standard InChI is InChI=1S/C26H28N6O/c1-15-8-21-22(9-16(15)2)28-14-29-26(21)32-6-7-33-24-5-4-18(10-20(24)13-32)19-11-23-25(27-12-19)31-17(3)30-23/h4-5,10-12,14-16H,6-9,13H2,1-3H3,(H,27,30,31). The molecule has 2 aliphatic rings. The molecule has 2 unspecified atom stereocenters. The van der Waals surface area contributed by atoms with E-state index in [1.165, 1.54) is 11.3 Å². The van der Waals surface area contributed by atoms with Gasteiger partial charge in [-0.25, -0.2) is 19.9 Å². The van der Waals surface area contributed by atoms with E-state index in [2.05, 4.69) is 62.9 Å². The quantitative estimate of drug-likeness (QED) is 0.495. The number of fused-ring (bicyclic) bond motifs is 3. The van der Waals surface area contributed by atoms with E-state index < -0.39 is 0 Å². The molecule has 4 heterocycles. The number of imidazole rings is 1. The van der Waals surface area contributed by atoms with Crippen molar-refractivity contribution in [3.63, 3.8) is 0 Å². The third kappa shape index (κ3) is 3.61. The highest BCUT2D eigenvalue weighted by atomic mass is 16.5. The minimum absolute atomic E-state index is 0.637. The SMILES string of the molecule is Cc1nc2ncc(-c3ccc4c(c3)CN(c3ncnc5c3CC(C)C(C)C5)CCO4)cc2[nH]1. The molecule has 0 saturated heterocycles. The van der Waals surface area contributed by atoms with Gasteiger partial charge in [-0.3, -0.25) is 0 Å². The maximum atomic E-state index is 6.13. The molecule has 7 heteroatoms. The second kappa shape index (κ2) is 7.83. The Hall–Kier alpha value is -3.48. The highest BCUT2D eigenvalue weighted by molar-refractivity contribution is 5.78. The second-order valence-corrected chi connectivity index (χ2v) is 9.50. The minimum atomic E-state index is 0.637. The molecule has 0 fully saturated rings. The van der Waals surface area contributed by atoms with Crippen molar-refractivity contribution in [2.24, 2.45) is 11.8 Å². The van der Waals surface area contributed by atoms with Crippen molar-refractivity contribution in [1.29, 1.82) is 0 Å². The number of aromatic amines is 1. The number of pyridine rings is 1. The molecule has 1 aliphatic heterocycles. The molecule has 33 heavy (non-hydrogen) atoms. The molecule has 4 aromatic rings. The second-order valence-electron chi connectivity index (χ2n) is 9.50. The molecule has 168 valence electrons. The molecule has 1 aromatic carbocycles. The normalized spacial score (nSPS) is 20.2. The summed E-state index contributed by atoms with van der Waals surface area (Å²) < 4.78 is 6.13. The fraction of sp³-hybridized carbons (Fsp3) is 0.385. The highest BCUT2D eigenvalue weighted by Gasteiger charge is 2.28. The first kappa shape index (κ1) is 20.1. The van der Waals surface area contributed by atoms with Crippen LogP contribution < -0.4 is 9.64 Å². The Labute approximate surface area is 193 Å². The maximum Gasteiger partial charge on any atom is 0.177 e. The van der Waals surface area contributed by atoms with Crippen LogP contribution in [0.15, 0.2) is 36.8 Å². The van der Waals surface area contributed by atoms with Crippen LogP contribution in [0.5, 0.6) is 5.75 Å². The first-order chi connectivity index (χ1) is 16.0. The van der Waals surface area contributed by atoms with Crippen LogP contribution in [0, 0.1) is 18.8 Å². The predicted molar refractivity (Wildman–Crippen MR) is 128 cm³/mol. The van der Waals surface area contributed by atoms with Crippen LogP contribution in [0.2, 0.25) is 0 Å². The molecule has 0 amide bonds. The number of aryl methyl sites for hydroxylation is 1. The molecule has 0 spiro atoms. The van der Waals surface area contributed by atoms with Gasteiger partial charge in [-0.05, 0) is 55.4 Å². The molecule has 0 saturated carbocycles. The van der Waals surface area contributed by atoms with Crippen LogP contribution in [-0.2, 0) is 19.4 Å². The third-order valence-corrected chi connectivity index (χ3v) is 7.15. The number of ether oxygens (including phenoxy) is 1. The Balaban J connectivity index is 1.35. The van der Waals surface area contributed by atoms with E-state index >= 15 is 0 Å². The molecule has 0 bridgehead atoms. The van der Waals surface area contributed by atoms with Crippen LogP contribution in [0.25, 0.3) is 22.3 Å². The Bertz CT molecular complexity index is 1350. The van der Waals surface area contributed by atoms with E-state index in [0.29, 0.717) is 18.4 Å². The Morgan fingerprint density at radius 2 is 1.91 bits per heavy atom. The van der Waals surface area contributed by atoms with Gasteiger partial charge in [0.15, 0.2) is 5.65 Å². The Morgan fingerprint density at radius 3 is 2.82 bits per heavy atom. The molecule has 7 nitrogen and oxygen atoms in total. The first-order valence-corrected chi connectivity index (χ1v) is 11.7. The Kier molecular flexibility index (Phi) is 4.78. The summed E-state index contributed by atoms with van der Waals surface area (Å²) in [5.41, 5.74) is 7.56. The van der Waals surface area contributed by atoms with E-state index in [9.17, 15) is 0 Å². The molecule has 1 N–H and O–H groups in total. The van der Waals surface area contributed by atoms with Crippen molar-refractivity contribution in [1.82, 2.24) is 24.9 Å². The zero-order valence-electron chi connectivity index (χ0n) is 19.3. The number of anilines is 1. The first-order valence-electron chi connectivity index (χ1n) is 11.7. The van der Waals surface area contributed by atoms with E-state index in [4.69, 9.17) is 9.72 Å². The van der Waals surface area contributed by atoms with Crippen molar-refractivity contribution in [2.75, 3.05) is 18.1 Å². The van der Waals surface area contributed by atoms with Gasteiger partial charge in [-0.15, -0.1) is 0 Å². The van der Waals surface area contributed by atoms with Gasteiger partial charge in [0.05, 0.1) is 12.1 Å². The zero-order valence-corrected chi connectivity index (χ0v) is 19.3. The third-order valence-electron chi connectivity index (χ3n) is 7.15. The minimum Gasteiger partial charge on any atom is -0.491 e. The number of aromatic nitrogens is 5. The summed E-state index contributed by atoms with van der Waals surface area (Å²) in [4.78, 5) is 24.0. The maximum absolute atomic E-state index is 6.13. The van der Waals surface area contributed by atoms with Crippen LogP contribution in [-0.4, -0.2) is 38.1 Å². The molecule has 0 radical (unpaired) electrons. The average molecular weight is 441 g/mol. The van der Waals surface area contributed by atoms with Gasteiger partial charge in [0.1, 0.15) is 30.3 Å². The lowest BCUT2D eigenvalue weighted by atomic mass is 9.80. The monoisotopic (exact) mass is 440 g/mol. The van der Waals surface area contributed by atoms with Gasteiger partial charge in [-0.1, -0.05) is 19.9 Å². The summed E-state index contributed by atoms with van der Waals surface area (Å²) in [7, 11) is 0. The molecular weight excluding hydrogens is 412 g/mol. The van der Waals surface area contributed by atoms with Crippen LogP contribution in [0.4, 0.5) is 5.82 Å². The number of benzene rings is 1. The highest BCUT2D eigenvalue weighted by Crippen LogP contribution is 2.36. The number of nitrogens with zero attached hydrogens (tertiary/aromatic N) is 5. The van der Waals surface area contributed by atoms with E-state index in [0.717, 1.165) is 71.2 Å². The van der Waals surface area contributed by atoms with Gasteiger partial charge in [-0.2, -0.15) is 0 Å². The predicted octanol–water partition coefficient (Wildman–Crippen LogP) is 4.49. The van der Waals surface area contributed by atoms with Crippen LogP contribution in [0.1, 0.15) is 36.5 Å². The summed E-state index contributed by atoms with van der Waals surface area (Å²) in [6, 6.07) is 8.52. The fourth-order valence-corrected chi connectivity index (χ4v) is 5.06. The number of hydrogen-bond acceptors (Lipinski definition) is 6. The van der Waals surface area contributed by atoms with E-state index in [-0.39, 0.29) is 0 Å². The van der Waals surface area contributed by atoms with E-state index in [1.54, 1.807) is 6.33 Å². The molecular formula is C26H28N6O. The lowest BCUT2D eigenvalue weighted by Crippen LogP contribution is -2.30. The molecule has 2 atom stereocenters. The van der Waals surface area contributed by atoms with Crippen molar-refractivity contribution in [2.45, 2.75) is 40.2 Å². The lowest BCUT2D eigenvalue weighted by molar-refractivity contribution is 0.330. The number of rotatable bonds is 2. The van der Waals surface area contributed by atoms with Gasteiger partial charge < -0.3 is 14.6 Å². The number of hydrogen-bond donors (Lipinski definition) is 1. The van der Waals surface area contributed by atoms with Crippen molar-refractivity contribution < 1.29 is 4.74 Å². The van der Waals surface area contributed by atoms with Gasteiger partial charge >= 0.3 is 0 Å². The zero-order chi connectivity index (χ0) is 22.5. The topological polar surface area (TPSA) is 79.8 Å². The van der Waals surface area contributed by atoms with E-state index in [1.807, 2.05) is 13.1 Å². The fourth-order valence-electron chi connectivity index (χ4n) is 5.06. The van der Waals surface area contributed by atoms with Crippen molar-refractivity contribution in [3.05, 3.63) is 59.4 Å². The molecule has 6 rings (SSSR count). The average Bonchev–Trinajstić information content (AvgIpc) is 3.05. The van der Waals surface area contributed by atoms with Crippen molar-refractivity contribution in [3.8, 4) is 16.9 Å². The van der Waals surface area contributed by atoms with Gasteiger partial charge in [0.25, 0.3) is 0 Å². The molecule has 3 aromatic heterocycles. The van der Waals surface area contributed by atoms with Crippen molar-refractivity contribution >= 4 is 17.0 Å². The lowest BCUT2D eigenvalue weighted by Gasteiger charge is -2.31. The van der Waals surface area contributed by atoms with Crippen LogP contribution in [0.3, 0.4) is 0 Å². The van der Waals surface area contributed by atoms with Gasteiger partial charge in [0.2, 0.25) is 0 Å². The smallest absolute Gasteiger partial charge is 0.177 e. The number of H-pyrrole nitrogens is 1. The summed E-state index contributed by atoms with van der Waals surface area (Å²) in [5, 5.41) is 0. The molecule has 1 aliphatic carbocycles. The summed E-state index contributed by atoms with van der Waals surface area (Å²) in [5.74, 6) is 4.17. The van der Waals surface area contributed by atoms with Gasteiger partial charge in [0, 0.05) is 35.1 Å². The Morgan fingerprint density at radius 1 is 1.03 bits per heavy atom. The summed E-state index contributed by atoms with van der Waals surface area (Å²) >= 11 is 0. The largest absolute Gasteiger partial charge is 0.491 e. The van der Waals surface area contributed by atoms with Crippen LogP contribution >= 0.6 is 0 Å². The summed E-state index contributed by atoms with van der Waals surface area (Å²) in [6.07, 6.45) is 5.68.